The summed E-state index contributed by atoms with van der Waals surface area (Å²) in [5.74, 6) is 1.48. The fourth-order valence-corrected chi connectivity index (χ4v) is 3.24. The van der Waals surface area contributed by atoms with Crippen molar-refractivity contribution >= 4 is 5.91 Å². The molecule has 1 amide bonds. The molecule has 3 heterocycles. The van der Waals surface area contributed by atoms with Gasteiger partial charge in [-0.25, -0.2) is 0 Å². The quantitative estimate of drug-likeness (QED) is 0.854. The summed E-state index contributed by atoms with van der Waals surface area (Å²) in [4.78, 5) is 14.8. The van der Waals surface area contributed by atoms with Crippen LogP contribution in [0.25, 0.3) is 0 Å². The van der Waals surface area contributed by atoms with Gasteiger partial charge in [0.2, 0.25) is 6.79 Å². The number of fused-ring (bicyclic) bond motifs is 2. The van der Waals surface area contributed by atoms with Crippen LogP contribution in [0.1, 0.15) is 16.1 Å². The molecule has 0 saturated heterocycles. The molecule has 0 saturated carbocycles. The second-order valence-electron chi connectivity index (χ2n) is 6.08. The topological polar surface area (TPSA) is 65.8 Å². The van der Waals surface area contributed by atoms with Crippen LogP contribution in [-0.2, 0) is 17.8 Å². The van der Waals surface area contributed by atoms with Gasteiger partial charge in [0.25, 0.3) is 5.91 Å². The van der Waals surface area contributed by atoms with Gasteiger partial charge in [0, 0.05) is 37.9 Å². The first-order valence-electron chi connectivity index (χ1n) is 7.93. The summed E-state index contributed by atoms with van der Waals surface area (Å²) in [6, 6.07) is 7.26. The number of carbonyl (C=O) groups is 1. The Balaban J connectivity index is 1.60. The summed E-state index contributed by atoms with van der Waals surface area (Å²) >= 11 is 0. The second kappa shape index (κ2) is 6.16. The summed E-state index contributed by atoms with van der Waals surface area (Å²) in [5.41, 5.74) is 1.63. The molecule has 1 aromatic carbocycles. The van der Waals surface area contributed by atoms with Crippen molar-refractivity contribution in [3.05, 3.63) is 41.7 Å². The standard InChI is InChI=1S/C17H19N3O4/c1-22-10-12-7-19(9-14-4-5-18-20(14)8-12)17(21)13-2-3-15-16(6-13)24-11-23-15/h2-6,12H,7-11H2,1H3. The monoisotopic (exact) mass is 329 g/mol. The third kappa shape index (κ3) is 2.71. The smallest absolute Gasteiger partial charge is 0.254 e. The van der Waals surface area contributed by atoms with Gasteiger partial charge < -0.3 is 19.1 Å². The highest BCUT2D eigenvalue weighted by Crippen LogP contribution is 2.33. The van der Waals surface area contributed by atoms with E-state index in [0.717, 1.165) is 12.2 Å². The van der Waals surface area contributed by atoms with Crippen LogP contribution in [0.3, 0.4) is 0 Å². The van der Waals surface area contributed by atoms with Gasteiger partial charge in [0.15, 0.2) is 11.5 Å². The van der Waals surface area contributed by atoms with Crippen molar-refractivity contribution in [2.75, 3.05) is 27.1 Å². The van der Waals surface area contributed by atoms with Crippen LogP contribution >= 0.6 is 0 Å². The molecule has 2 aliphatic rings. The molecular weight excluding hydrogens is 310 g/mol. The summed E-state index contributed by atoms with van der Waals surface area (Å²) in [6.07, 6.45) is 1.77. The minimum absolute atomic E-state index is 0.0240. The first kappa shape index (κ1) is 15.0. The molecule has 2 aliphatic heterocycles. The van der Waals surface area contributed by atoms with E-state index in [0.29, 0.717) is 36.8 Å². The maximum absolute atomic E-state index is 13.0. The molecule has 0 N–H and O–H groups in total. The molecule has 0 aliphatic carbocycles. The molecule has 0 fully saturated rings. The average Bonchev–Trinajstić information content (AvgIpc) is 3.19. The lowest BCUT2D eigenvalue weighted by atomic mass is 10.1. The van der Waals surface area contributed by atoms with Crippen molar-refractivity contribution in [1.29, 1.82) is 0 Å². The van der Waals surface area contributed by atoms with Crippen LogP contribution in [0.5, 0.6) is 11.5 Å². The lowest BCUT2D eigenvalue weighted by Crippen LogP contribution is -2.35. The Labute approximate surface area is 139 Å². The highest BCUT2D eigenvalue weighted by atomic mass is 16.7. The highest BCUT2D eigenvalue weighted by molar-refractivity contribution is 5.95. The van der Waals surface area contributed by atoms with Crippen molar-refractivity contribution in [3.8, 4) is 11.5 Å². The molecule has 0 spiro atoms. The predicted molar refractivity (Wildman–Crippen MR) is 84.9 cm³/mol. The molecule has 2 aromatic rings. The number of hydrogen-bond acceptors (Lipinski definition) is 5. The van der Waals surface area contributed by atoms with E-state index in [-0.39, 0.29) is 18.6 Å². The van der Waals surface area contributed by atoms with Crippen LogP contribution < -0.4 is 9.47 Å². The normalized spacial score (nSPS) is 19.0. The first-order chi connectivity index (χ1) is 11.7. The predicted octanol–water partition coefficient (Wildman–Crippen LogP) is 1.53. The van der Waals surface area contributed by atoms with Gasteiger partial charge in [0.1, 0.15) is 0 Å². The van der Waals surface area contributed by atoms with Crippen molar-refractivity contribution in [3.63, 3.8) is 0 Å². The van der Waals surface area contributed by atoms with Crippen molar-refractivity contribution in [1.82, 2.24) is 14.7 Å². The Kier molecular flexibility index (Phi) is 3.86. The third-order valence-corrected chi connectivity index (χ3v) is 4.38. The Hall–Kier alpha value is -2.54. The molecule has 126 valence electrons. The Bertz CT molecular complexity index is 758. The summed E-state index contributed by atoms with van der Waals surface area (Å²) < 4.78 is 17.9. The zero-order valence-electron chi connectivity index (χ0n) is 13.5. The number of amides is 1. The van der Waals surface area contributed by atoms with Gasteiger partial charge in [-0.3, -0.25) is 9.48 Å². The SMILES string of the molecule is COCC1CN(C(=O)c2ccc3c(c2)OCO3)Cc2ccnn2C1. The molecule has 1 aromatic heterocycles. The second-order valence-corrected chi connectivity index (χ2v) is 6.08. The molecule has 0 radical (unpaired) electrons. The molecule has 24 heavy (non-hydrogen) atoms. The van der Waals surface area contributed by atoms with Gasteiger partial charge in [-0.15, -0.1) is 0 Å². The highest BCUT2D eigenvalue weighted by Gasteiger charge is 2.27. The first-order valence-corrected chi connectivity index (χ1v) is 7.93. The fourth-order valence-electron chi connectivity index (χ4n) is 3.24. The minimum Gasteiger partial charge on any atom is -0.454 e. The molecule has 1 atom stereocenters. The molecule has 7 heteroatoms. The van der Waals surface area contributed by atoms with E-state index >= 15 is 0 Å². The van der Waals surface area contributed by atoms with E-state index in [9.17, 15) is 4.79 Å². The third-order valence-electron chi connectivity index (χ3n) is 4.38. The van der Waals surface area contributed by atoms with Crippen LogP contribution in [0.4, 0.5) is 0 Å². The zero-order valence-corrected chi connectivity index (χ0v) is 13.5. The molecule has 4 rings (SSSR count). The summed E-state index contributed by atoms with van der Waals surface area (Å²) in [6.45, 7) is 2.70. The van der Waals surface area contributed by atoms with Gasteiger partial charge in [0.05, 0.1) is 18.8 Å². The zero-order chi connectivity index (χ0) is 16.5. The van der Waals surface area contributed by atoms with Gasteiger partial charge in [-0.1, -0.05) is 0 Å². The maximum atomic E-state index is 13.0. The van der Waals surface area contributed by atoms with Gasteiger partial charge >= 0.3 is 0 Å². The van der Waals surface area contributed by atoms with Crippen LogP contribution in [0.2, 0.25) is 0 Å². The van der Waals surface area contributed by atoms with Crippen molar-refractivity contribution < 1.29 is 19.0 Å². The number of aromatic nitrogens is 2. The number of rotatable bonds is 3. The van der Waals surface area contributed by atoms with Crippen LogP contribution in [-0.4, -0.2) is 47.6 Å². The lowest BCUT2D eigenvalue weighted by Gasteiger charge is -2.24. The number of methoxy groups -OCH3 is 1. The molecule has 7 nitrogen and oxygen atoms in total. The lowest BCUT2D eigenvalue weighted by molar-refractivity contribution is 0.0666. The van der Waals surface area contributed by atoms with Crippen molar-refractivity contribution in [2.24, 2.45) is 5.92 Å². The Morgan fingerprint density at radius 3 is 3.04 bits per heavy atom. The number of nitrogens with zero attached hydrogens (tertiary/aromatic N) is 3. The number of benzene rings is 1. The molecule has 0 bridgehead atoms. The molecular formula is C17H19N3O4. The molecule has 1 unspecified atom stereocenters. The van der Waals surface area contributed by atoms with E-state index in [2.05, 4.69) is 5.10 Å². The number of carbonyl (C=O) groups excluding carboxylic acids is 1. The van der Waals surface area contributed by atoms with E-state index in [1.54, 1.807) is 31.5 Å². The maximum Gasteiger partial charge on any atom is 0.254 e. The van der Waals surface area contributed by atoms with E-state index < -0.39 is 0 Å². The largest absolute Gasteiger partial charge is 0.454 e. The fraction of sp³-hybridized carbons (Fsp3) is 0.412. The average molecular weight is 329 g/mol. The van der Waals surface area contributed by atoms with Crippen LogP contribution in [0.15, 0.2) is 30.5 Å². The number of ether oxygens (including phenoxy) is 3. The van der Waals surface area contributed by atoms with E-state index in [1.807, 2.05) is 15.6 Å². The van der Waals surface area contributed by atoms with E-state index in [1.165, 1.54) is 0 Å². The van der Waals surface area contributed by atoms with Crippen molar-refractivity contribution in [2.45, 2.75) is 13.1 Å². The Morgan fingerprint density at radius 2 is 2.17 bits per heavy atom. The number of hydrogen-bond donors (Lipinski definition) is 0. The summed E-state index contributed by atoms with van der Waals surface area (Å²) in [7, 11) is 1.68. The van der Waals surface area contributed by atoms with E-state index in [4.69, 9.17) is 14.2 Å². The minimum atomic E-state index is -0.0240. The van der Waals surface area contributed by atoms with Crippen LogP contribution in [0, 0.1) is 5.92 Å². The van der Waals surface area contributed by atoms with Gasteiger partial charge in [-0.05, 0) is 24.3 Å². The van der Waals surface area contributed by atoms with Gasteiger partial charge in [-0.2, -0.15) is 5.10 Å². The summed E-state index contributed by atoms with van der Waals surface area (Å²) in [5, 5.41) is 4.35. The Morgan fingerprint density at radius 1 is 1.29 bits per heavy atom.